The summed E-state index contributed by atoms with van der Waals surface area (Å²) in [5.74, 6) is 1.40. The van der Waals surface area contributed by atoms with E-state index in [0.717, 1.165) is 17.9 Å². The van der Waals surface area contributed by atoms with Gasteiger partial charge in [0, 0.05) is 36.6 Å². The number of hydrogen-bond acceptors (Lipinski definition) is 4. The van der Waals surface area contributed by atoms with Crippen LogP contribution in [0.2, 0.25) is 0 Å². The van der Waals surface area contributed by atoms with Crippen LogP contribution in [-0.2, 0) is 13.1 Å². The van der Waals surface area contributed by atoms with Gasteiger partial charge in [-0.25, -0.2) is 0 Å². The van der Waals surface area contributed by atoms with Crippen LogP contribution in [0.4, 0.5) is 5.69 Å². The molecule has 0 saturated carbocycles. The summed E-state index contributed by atoms with van der Waals surface area (Å²) < 4.78 is 12.3. The lowest BCUT2D eigenvalue weighted by molar-refractivity contribution is 0.395. The van der Waals surface area contributed by atoms with Crippen LogP contribution in [0, 0.1) is 0 Å². The molecule has 2 N–H and O–H groups in total. The zero-order chi connectivity index (χ0) is 15.9. The van der Waals surface area contributed by atoms with E-state index in [9.17, 15) is 0 Å². The molecule has 0 bridgehead atoms. The van der Waals surface area contributed by atoms with E-state index in [1.165, 1.54) is 0 Å². The number of aromatic nitrogens is 2. The van der Waals surface area contributed by atoms with Crippen molar-refractivity contribution in [2.24, 2.45) is 0 Å². The maximum absolute atomic E-state index is 5.29. The Morgan fingerprint density at radius 2 is 1.91 bits per heavy atom. The van der Waals surface area contributed by atoms with Gasteiger partial charge in [0.25, 0.3) is 0 Å². The molecule has 0 fully saturated rings. The van der Waals surface area contributed by atoms with Gasteiger partial charge in [0.05, 0.1) is 26.5 Å². The number of nitrogens with one attached hydrogen (secondary N) is 2. The minimum absolute atomic E-state index is 0.515. The molecule has 0 aliphatic carbocycles. The summed E-state index contributed by atoms with van der Waals surface area (Å²) >= 11 is 5.29. The number of ether oxygens (including phenoxy) is 2. The number of methoxy groups -OCH3 is 2. The Hall–Kier alpha value is -2.28. The van der Waals surface area contributed by atoms with E-state index in [-0.39, 0.29) is 0 Å². The Bertz CT molecular complexity index is 620. The van der Waals surface area contributed by atoms with Crippen molar-refractivity contribution in [2.75, 3.05) is 19.5 Å². The summed E-state index contributed by atoms with van der Waals surface area (Å²) in [4.78, 5) is 0. The van der Waals surface area contributed by atoms with Crippen LogP contribution in [0.5, 0.6) is 11.5 Å². The molecule has 0 unspecified atom stereocenters. The van der Waals surface area contributed by atoms with Gasteiger partial charge in [-0.15, -0.1) is 0 Å². The van der Waals surface area contributed by atoms with E-state index in [2.05, 4.69) is 15.7 Å². The molecule has 0 aliphatic rings. The highest BCUT2D eigenvalue weighted by molar-refractivity contribution is 7.80. The first-order valence-corrected chi connectivity index (χ1v) is 7.35. The first-order valence-electron chi connectivity index (χ1n) is 6.95. The molecule has 2 aromatic rings. The average molecular weight is 320 g/mol. The van der Waals surface area contributed by atoms with Gasteiger partial charge in [-0.2, -0.15) is 5.10 Å². The molecular formula is C15H20N4O2S. The van der Waals surface area contributed by atoms with E-state index in [1.807, 2.05) is 36.0 Å². The van der Waals surface area contributed by atoms with Crippen LogP contribution in [0.1, 0.15) is 12.6 Å². The van der Waals surface area contributed by atoms with Crippen molar-refractivity contribution in [1.82, 2.24) is 15.1 Å². The summed E-state index contributed by atoms with van der Waals surface area (Å²) in [5, 5.41) is 11.1. The van der Waals surface area contributed by atoms with Gasteiger partial charge in [-0.3, -0.25) is 4.68 Å². The Balaban J connectivity index is 1.93. The van der Waals surface area contributed by atoms with Crippen LogP contribution < -0.4 is 20.1 Å². The number of aryl methyl sites for hydroxylation is 1. The largest absolute Gasteiger partial charge is 0.497 e. The van der Waals surface area contributed by atoms with Crippen molar-refractivity contribution in [1.29, 1.82) is 0 Å². The summed E-state index contributed by atoms with van der Waals surface area (Å²) in [6.07, 6.45) is 1.94. The molecule has 0 saturated heterocycles. The molecule has 22 heavy (non-hydrogen) atoms. The van der Waals surface area contributed by atoms with Gasteiger partial charge in [-0.1, -0.05) is 0 Å². The molecule has 2 rings (SSSR count). The van der Waals surface area contributed by atoms with Gasteiger partial charge in [0.2, 0.25) is 0 Å². The Morgan fingerprint density at radius 1 is 1.23 bits per heavy atom. The van der Waals surface area contributed by atoms with E-state index < -0.39 is 0 Å². The topological polar surface area (TPSA) is 60.3 Å². The molecule has 1 heterocycles. The normalized spacial score (nSPS) is 10.1. The monoisotopic (exact) mass is 320 g/mol. The molecule has 118 valence electrons. The second-order valence-corrected chi connectivity index (χ2v) is 4.98. The highest BCUT2D eigenvalue weighted by Gasteiger charge is 2.04. The minimum Gasteiger partial charge on any atom is -0.497 e. The summed E-state index contributed by atoms with van der Waals surface area (Å²) in [5.41, 5.74) is 1.74. The Morgan fingerprint density at radius 3 is 2.45 bits per heavy atom. The molecule has 0 spiro atoms. The maximum atomic E-state index is 5.29. The molecule has 7 heteroatoms. The van der Waals surface area contributed by atoms with E-state index in [1.54, 1.807) is 20.3 Å². The van der Waals surface area contributed by atoms with Gasteiger partial charge in [0.1, 0.15) is 11.5 Å². The van der Waals surface area contributed by atoms with E-state index >= 15 is 0 Å². The van der Waals surface area contributed by atoms with Crippen molar-refractivity contribution >= 4 is 23.0 Å². The predicted octanol–water partition coefficient (Wildman–Crippen LogP) is 2.41. The fourth-order valence-electron chi connectivity index (χ4n) is 1.90. The maximum Gasteiger partial charge on any atom is 0.171 e. The molecule has 6 nitrogen and oxygen atoms in total. The van der Waals surface area contributed by atoms with Gasteiger partial charge in [-0.05, 0) is 25.2 Å². The van der Waals surface area contributed by atoms with Gasteiger partial charge >= 0.3 is 0 Å². The van der Waals surface area contributed by atoms with Gasteiger partial charge < -0.3 is 20.1 Å². The van der Waals surface area contributed by atoms with Crippen LogP contribution in [0.15, 0.2) is 30.5 Å². The second-order valence-electron chi connectivity index (χ2n) is 4.57. The molecule has 1 aromatic heterocycles. The lowest BCUT2D eigenvalue weighted by atomic mass is 10.3. The van der Waals surface area contributed by atoms with Crippen molar-refractivity contribution in [3.63, 3.8) is 0 Å². The highest BCUT2D eigenvalue weighted by atomic mass is 32.1. The Labute approximate surface area is 135 Å². The number of anilines is 1. The highest BCUT2D eigenvalue weighted by Crippen LogP contribution is 2.25. The standard InChI is InChI=1S/C15H20N4O2S/c1-4-19-6-5-11(18-19)10-16-15(22)17-12-7-13(20-2)9-14(8-12)21-3/h5-9H,4,10H2,1-3H3,(H2,16,17,22). The lowest BCUT2D eigenvalue weighted by Crippen LogP contribution is -2.28. The van der Waals surface area contributed by atoms with Gasteiger partial charge in [0.15, 0.2) is 5.11 Å². The Kier molecular flexibility index (Phi) is 5.60. The van der Waals surface area contributed by atoms with Crippen LogP contribution in [0.25, 0.3) is 0 Å². The zero-order valence-electron chi connectivity index (χ0n) is 12.9. The molecule has 0 radical (unpaired) electrons. The number of benzene rings is 1. The fraction of sp³-hybridized carbons (Fsp3) is 0.333. The molecule has 0 atom stereocenters. The van der Waals surface area contributed by atoms with E-state index in [0.29, 0.717) is 23.2 Å². The van der Waals surface area contributed by atoms with Crippen molar-refractivity contribution in [3.05, 3.63) is 36.2 Å². The lowest BCUT2D eigenvalue weighted by Gasteiger charge is -2.12. The third-order valence-electron chi connectivity index (χ3n) is 3.06. The van der Waals surface area contributed by atoms with Crippen LogP contribution in [0.3, 0.4) is 0 Å². The molecule has 0 aliphatic heterocycles. The van der Waals surface area contributed by atoms with E-state index in [4.69, 9.17) is 21.7 Å². The van der Waals surface area contributed by atoms with Crippen molar-refractivity contribution in [2.45, 2.75) is 20.0 Å². The predicted molar refractivity (Wildman–Crippen MR) is 90.5 cm³/mol. The number of thiocarbonyl (C=S) groups is 1. The third kappa shape index (κ3) is 4.36. The zero-order valence-corrected chi connectivity index (χ0v) is 13.7. The first kappa shape index (κ1) is 16.1. The summed E-state index contributed by atoms with van der Waals surface area (Å²) in [6, 6.07) is 7.47. The number of rotatable bonds is 6. The number of nitrogens with zero attached hydrogens (tertiary/aromatic N) is 2. The molecule has 0 amide bonds. The quantitative estimate of drug-likeness (QED) is 0.797. The second kappa shape index (κ2) is 7.65. The van der Waals surface area contributed by atoms with Crippen LogP contribution >= 0.6 is 12.2 Å². The van der Waals surface area contributed by atoms with Crippen molar-refractivity contribution in [3.8, 4) is 11.5 Å². The fourth-order valence-corrected chi connectivity index (χ4v) is 2.09. The number of hydrogen-bond donors (Lipinski definition) is 2. The molecular weight excluding hydrogens is 300 g/mol. The van der Waals surface area contributed by atoms with Crippen LogP contribution in [-0.4, -0.2) is 29.1 Å². The summed E-state index contributed by atoms with van der Waals surface area (Å²) in [6.45, 7) is 3.47. The SMILES string of the molecule is CCn1ccc(CNC(=S)Nc2cc(OC)cc(OC)c2)n1. The van der Waals surface area contributed by atoms with Crippen molar-refractivity contribution < 1.29 is 9.47 Å². The summed E-state index contributed by atoms with van der Waals surface area (Å²) in [7, 11) is 3.22. The average Bonchev–Trinajstić information content (AvgIpc) is 3.00. The first-order chi connectivity index (χ1) is 10.6. The molecule has 1 aromatic carbocycles. The minimum atomic E-state index is 0.515. The third-order valence-corrected chi connectivity index (χ3v) is 3.31. The smallest absolute Gasteiger partial charge is 0.171 e.